The third-order valence-electron chi connectivity index (χ3n) is 4.69. The first-order chi connectivity index (χ1) is 13.3. The Morgan fingerprint density at radius 1 is 1.07 bits per heavy atom. The van der Waals surface area contributed by atoms with E-state index in [2.05, 4.69) is 10.2 Å². The highest BCUT2D eigenvalue weighted by Gasteiger charge is 2.28. The zero-order valence-corrected chi connectivity index (χ0v) is 15.0. The number of ether oxygens (including phenoxy) is 1. The quantitative estimate of drug-likeness (QED) is 0.673. The smallest absolute Gasteiger partial charge is 0.260 e. The zero-order valence-electron chi connectivity index (χ0n) is 15.0. The first-order valence-corrected chi connectivity index (χ1v) is 9.11. The minimum atomic E-state index is 0.0110. The van der Waals surface area contributed by atoms with E-state index in [0.717, 1.165) is 18.5 Å². The van der Waals surface area contributed by atoms with Crippen LogP contribution in [0.4, 0.5) is 0 Å². The fraction of sp³-hybridized carbons (Fsp3) is 0.286. The van der Waals surface area contributed by atoms with Crippen LogP contribution in [0.3, 0.4) is 0 Å². The summed E-state index contributed by atoms with van der Waals surface area (Å²) in [6, 6.07) is 19.1. The van der Waals surface area contributed by atoms with Crippen LogP contribution in [-0.2, 0) is 11.2 Å². The van der Waals surface area contributed by atoms with Crippen molar-refractivity contribution in [2.45, 2.75) is 12.8 Å². The molecule has 2 aromatic carbocycles. The summed E-state index contributed by atoms with van der Waals surface area (Å²) in [5.41, 5.74) is 0.914. The normalized spacial score (nSPS) is 16.4. The van der Waals surface area contributed by atoms with Gasteiger partial charge in [0.15, 0.2) is 6.61 Å². The number of benzene rings is 2. The second kappa shape index (κ2) is 8.03. The Hall–Kier alpha value is -3.15. The van der Waals surface area contributed by atoms with Gasteiger partial charge < -0.3 is 14.1 Å². The predicted molar refractivity (Wildman–Crippen MR) is 100 cm³/mol. The number of nitrogens with zero attached hydrogens (tertiary/aromatic N) is 3. The van der Waals surface area contributed by atoms with Gasteiger partial charge in [0.2, 0.25) is 11.8 Å². The molecule has 1 fully saturated rings. The van der Waals surface area contributed by atoms with Crippen LogP contribution in [0.25, 0.3) is 11.5 Å². The van der Waals surface area contributed by atoms with Crippen molar-refractivity contribution in [3.05, 3.63) is 66.6 Å². The Bertz CT molecular complexity index is 880. The van der Waals surface area contributed by atoms with Crippen LogP contribution in [0.5, 0.6) is 5.75 Å². The van der Waals surface area contributed by atoms with E-state index in [0.29, 0.717) is 36.4 Å². The van der Waals surface area contributed by atoms with Crippen LogP contribution in [0.1, 0.15) is 12.3 Å². The highest BCUT2D eigenvalue weighted by Crippen LogP contribution is 2.23. The van der Waals surface area contributed by atoms with Crippen molar-refractivity contribution in [1.82, 2.24) is 15.1 Å². The SMILES string of the molecule is O=C(COc1ccccc1)N1CCC(Cc2nnc(-c3ccccc3)o2)C1. The van der Waals surface area contributed by atoms with Gasteiger partial charge in [-0.25, -0.2) is 0 Å². The lowest BCUT2D eigenvalue weighted by Gasteiger charge is -2.16. The van der Waals surface area contributed by atoms with Gasteiger partial charge in [-0.2, -0.15) is 0 Å². The highest BCUT2D eigenvalue weighted by molar-refractivity contribution is 5.78. The standard InChI is InChI=1S/C21H21N3O3/c25-20(15-26-18-9-5-2-6-10-18)24-12-11-16(14-24)13-19-22-23-21(27-19)17-7-3-1-4-8-17/h1-10,16H,11-15H2. The molecular formula is C21H21N3O3. The maximum Gasteiger partial charge on any atom is 0.260 e. The van der Waals surface area contributed by atoms with E-state index in [1.807, 2.05) is 65.6 Å². The van der Waals surface area contributed by atoms with E-state index in [1.165, 1.54) is 0 Å². The fourth-order valence-electron chi connectivity index (χ4n) is 3.26. The van der Waals surface area contributed by atoms with Gasteiger partial charge in [0.1, 0.15) is 5.75 Å². The van der Waals surface area contributed by atoms with Crippen molar-refractivity contribution in [3.63, 3.8) is 0 Å². The maximum atomic E-state index is 12.4. The lowest BCUT2D eigenvalue weighted by atomic mass is 10.1. The minimum absolute atomic E-state index is 0.0110. The number of carbonyl (C=O) groups is 1. The van der Waals surface area contributed by atoms with E-state index in [9.17, 15) is 4.79 Å². The van der Waals surface area contributed by atoms with Crippen molar-refractivity contribution in [2.75, 3.05) is 19.7 Å². The number of para-hydroxylation sites is 1. The summed E-state index contributed by atoms with van der Waals surface area (Å²) in [6.07, 6.45) is 1.61. The van der Waals surface area contributed by atoms with Crippen molar-refractivity contribution in [3.8, 4) is 17.2 Å². The largest absolute Gasteiger partial charge is 0.484 e. The van der Waals surface area contributed by atoms with Gasteiger partial charge >= 0.3 is 0 Å². The van der Waals surface area contributed by atoms with E-state index in [1.54, 1.807) is 0 Å². The molecule has 1 saturated heterocycles. The number of hydrogen-bond acceptors (Lipinski definition) is 5. The van der Waals surface area contributed by atoms with Gasteiger partial charge in [0.25, 0.3) is 5.91 Å². The van der Waals surface area contributed by atoms with Crippen LogP contribution in [0, 0.1) is 5.92 Å². The summed E-state index contributed by atoms with van der Waals surface area (Å²) in [6.45, 7) is 1.50. The Morgan fingerprint density at radius 2 is 1.81 bits per heavy atom. The molecule has 4 rings (SSSR count). The Kier molecular flexibility index (Phi) is 5.14. The second-order valence-corrected chi connectivity index (χ2v) is 6.67. The first-order valence-electron chi connectivity index (χ1n) is 9.11. The van der Waals surface area contributed by atoms with Gasteiger partial charge in [0.05, 0.1) is 0 Å². The number of rotatable bonds is 6. The zero-order chi connectivity index (χ0) is 18.5. The van der Waals surface area contributed by atoms with Crippen LogP contribution in [0.2, 0.25) is 0 Å². The van der Waals surface area contributed by atoms with Gasteiger partial charge in [-0.1, -0.05) is 36.4 Å². The monoisotopic (exact) mass is 363 g/mol. The van der Waals surface area contributed by atoms with Crippen molar-refractivity contribution >= 4 is 5.91 Å². The van der Waals surface area contributed by atoms with Crippen LogP contribution >= 0.6 is 0 Å². The summed E-state index contributed by atoms with van der Waals surface area (Å²) in [5.74, 6) is 2.20. The third kappa shape index (κ3) is 4.34. The summed E-state index contributed by atoms with van der Waals surface area (Å²) < 4.78 is 11.3. The minimum Gasteiger partial charge on any atom is -0.484 e. The molecule has 0 spiro atoms. The number of amides is 1. The van der Waals surface area contributed by atoms with Crippen molar-refractivity contribution < 1.29 is 13.9 Å². The molecule has 6 nitrogen and oxygen atoms in total. The second-order valence-electron chi connectivity index (χ2n) is 6.67. The topological polar surface area (TPSA) is 68.5 Å². The molecule has 2 heterocycles. The molecule has 3 aromatic rings. The molecule has 1 amide bonds. The molecule has 0 bridgehead atoms. The number of hydrogen-bond donors (Lipinski definition) is 0. The van der Waals surface area contributed by atoms with E-state index in [4.69, 9.17) is 9.15 Å². The average molecular weight is 363 g/mol. The molecule has 0 N–H and O–H groups in total. The Morgan fingerprint density at radius 3 is 2.59 bits per heavy atom. The predicted octanol–water partition coefficient (Wildman–Crippen LogP) is 3.21. The van der Waals surface area contributed by atoms with Gasteiger partial charge in [0, 0.05) is 25.1 Å². The maximum absolute atomic E-state index is 12.4. The molecule has 0 radical (unpaired) electrons. The summed E-state index contributed by atoms with van der Waals surface area (Å²) >= 11 is 0. The molecule has 0 saturated carbocycles. The van der Waals surface area contributed by atoms with E-state index in [-0.39, 0.29) is 12.5 Å². The lowest BCUT2D eigenvalue weighted by molar-refractivity contribution is -0.132. The summed E-state index contributed by atoms with van der Waals surface area (Å²) in [5, 5.41) is 8.29. The fourth-order valence-corrected chi connectivity index (χ4v) is 3.26. The molecule has 1 aliphatic rings. The van der Waals surface area contributed by atoms with Gasteiger partial charge in [-0.3, -0.25) is 4.79 Å². The third-order valence-corrected chi connectivity index (χ3v) is 4.69. The van der Waals surface area contributed by atoms with E-state index >= 15 is 0 Å². The molecule has 0 aliphatic carbocycles. The molecule has 1 unspecified atom stereocenters. The Labute approximate surface area is 157 Å². The van der Waals surface area contributed by atoms with Gasteiger partial charge in [-0.05, 0) is 36.6 Å². The Balaban J connectivity index is 1.28. The van der Waals surface area contributed by atoms with Crippen LogP contribution in [0.15, 0.2) is 65.1 Å². The summed E-state index contributed by atoms with van der Waals surface area (Å²) in [4.78, 5) is 14.2. The first kappa shape index (κ1) is 17.3. The van der Waals surface area contributed by atoms with E-state index < -0.39 is 0 Å². The number of carbonyl (C=O) groups excluding carboxylic acids is 1. The molecule has 138 valence electrons. The number of aromatic nitrogens is 2. The van der Waals surface area contributed by atoms with Crippen molar-refractivity contribution in [2.24, 2.45) is 5.92 Å². The molecule has 1 aliphatic heterocycles. The highest BCUT2D eigenvalue weighted by atomic mass is 16.5. The molecule has 27 heavy (non-hydrogen) atoms. The molecule has 1 aromatic heterocycles. The lowest BCUT2D eigenvalue weighted by Crippen LogP contribution is -2.33. The molecular weight excluding hydrogens is 342 g/mol. The van der Waals surface area contributed by atoms with Crippen LogP contribution < -0.4 is 4.74 Å². The molecule has 6 heteroatoms. The molecule has 1 atom stereocenters. The van der Waals surface area contributed by atoms with Crippen LogP contribution in [-0.4, -0.2) is 40.7 Å². The summed E-state index contributed by atoms with van der Waals surface area (Å²) in [7, 11) is 0. The van der Waals surface area contributed by atoms with Gasteiger partial charge in [-0.15, -0.1) is 10.2 Å². The average Bonchev–Trinajstić information content (AvgIpc) is 3.38. The van der Waals surface area contributed by atoms with Crippen molar-refractivity contribution in [1.29, 1.82) is 0 Å². The number of likely N-dealkylation sites (tertiary alicyclic amines) is 1.